The Hall–Kier alpha value is -2.22. The normalized spacial score (nSPS) is 11.9. The van der Waals surface area contributed by atoms with Gasteiger partial charge in [-0.15, -0.1) is 0 Å². The summed E-state index contributed by atoms with van der Waals surface area (Å²) in [5.41, 5.74) is 5.18. The van der Waals surface area contributed by atoms with Gasteiger partial charge in [0.2, 0.25) is 0 Å². The first kappa shape index (κ1) is 16.6. The van der Waals surface area contributed by atoms with Crippen LogP contribution in [0.2, 0.25) is 0 Å². The first-order valence-electron chi connectivity index (χ1n) is 8.73. The largest absolute Gasteiger partial charge is 0.497 e. The number of aryl methyl sites for hydroxylation is 1. The molecule has 1 aromatic heterocycles. The van der Waals surface area contributed by atoms with Gasteiger partial charge >= 0.3 is 0 Å². The van der Waals surface area contributed by atoms with E-state index < -0.39 is 0 Å². The molecule has 0 N–H and O–H groups in total. The molecular formula is C22H27NO. The highest BCUT2D eigenvalue weighted by Gasteiger charge is 2.21. The maximum Gasteiger partial charge on any atom is 0.119 e. The highest BCUT2D eigenvalue weighted by Crippen LogP contribution is 2.35. The molecule has 2 aromatic carbocycles. The van der Waals surface area contributed by atoms with Crippen molar-refractivity contribution in [3.8, 4) is 17.0 Å². The fourth-order valence-corrected chi connectivity index (χ4v) is 3.39. The Bertz CT molecular complexity index is 835. The number of methoxy groups -OCH3 is 1. The minimum atomic E-state index is 0.00770. The van der Waals surface area contributed by atoms with Gasteiger partial charge in [-0.25, -0.2) is 0 Å². The van der Waals surface area contributed by atoms with Gasteiger partial charge in [-0.3, -0.25) is 0 Å². The van der Waals surface area contributed by atoms with Gasteiger partial charge in [-0.2, -0.15) is 0 Å². The van der Waals surface area contributed by atoms with E-state index in [9.17, 15) is 0 Å². The second kappa shape index (κ2) is 6.35. The standard InChI is InChI=1S/C22H27NO/c1-6-7-16-8-10-17(11-9-16)21-15-18-14-19(24-5)12-13-20(18)23(21)22(2,3)4/h8-15H,6-7H2,1-5H3. The predicted molar refractivity (Wildman–Crippen MR) is 103 cm³/mol. The van der Waals surface area contributed by atoms with Gasteiger partial charge in [0.15, 0.2) is 0 Å². The maximum atomic E-state index is 5.40. The predicted octanol–water partition coefficient (Wildman–Crippen LogP) is 6.02. The summed E-state index contributed by atoms with van der Waals surface area (Å²) >= 11 is 0. The van der Waals surface area contributed by atoms with E-state index in [-0.39, 0.29) is 5.54 Å². The van der Waals surface area contributed by atoms with Gasteiger partial charge in [-0.05, 0) is 62.6 Å². The van der Waals surface area contributed by atoms with Crippen LogP contribution in [0.3, 0.4) is 0 Å². The average Bonchev–Trinajstić information content (AvgIpc) is 2.94. The van der Waals surface area contributed by atoms with Gasteiger partial charge in [0.25, 0.3) is 0 Å². The third-order valence-corrected chi connectivity index (χ3v) is 4.47. The molecule has 1 heterocycles. The van der Waals surface area contributed by atoms with Crippen molar-refractivity contribution in [2.24, 2.45) is 0 Å². The van der Waals surface area contributed by atoms with Crippen LogP contribution in [0.5, 0.6) is 5.75 Å². The Kier molecular flexibility index (Phi) is 4.40. The van der Waals surface area contributed by atoms with Crippen LogP contribution in [0.15, 0.2) is 48.5 Å². The Balaban J connectivity index is 2.18. The maximum absolute atomic E-state index is 5.40. The van der Waals surface area contributed by atoms with E-state index in [0.29, 0.717) is 0 Å². The van der Waals surface area contributed by atoms with Crippen LogP contribution in [0.25, 0.3) is 22.2 Å². The monoisotopic (exact) mass is 321 g/mol. The number of hydrogen-bond acceptors (Lipinski definition) is 1. The van der Waals surface area contributed by atoms with Crippen molar-refractivity contribution in [2.75, 3.05) is 7.11 Å². The zero-order valence-electron chi connectivity index (χ0n) is 15.4. The number of ether oxygens (including phenoxy) is 1. The van der Waals surface area contributed by atoms with Gasteiger partial charge < -0.3 is 9.30 Å². The van der Waals surface area contributed by atoms with Crippen LogP contribution in [0.1, 0.15) is 39.7 Å². The van der Waals surface area contributed by atoms with Gasteiger partial charge in [0.05, 0.1) is 7.11 Å². The Morgan fingerprint density at radius 3 is 2.25 bits per heavy atom. The highest BCUT2D eigenvalue weighted by atomic mass is 16.5. The van der Waals surface area contributed by atoms with Gasteiger partial charge in [0, 0.05) is 22.1 Å². The van der Waals surface area contributed by atoms with E-state index >= 15 is 0 Å². The first-order valence-corrected chi connectivity index (χ1v) is 8.73. The lowest BCUT2D eigenvalue weighted by Crippen LogP contribution is -2.22. The van der Waals surface area contributed by atoms with E-state index in [1.807, 2.05) is 6.07 Å². The molecule has 0 aliphatic rings. The van der Waals surface area contributed by atoms with Crippen LogP contribution >= 0.6 is 0 Å². The molecule has 0 saturated heterocycles. The number of fused-ring (bicyclic) bond motifs is 1. The van der Waals surface area contributed by atoms with Crippen molar-refractivity contribution < 1.29 is 4.74 Å². The van der Waals surface area contributed by atoms with Crippen molar-refractivity contribution in [1.82, 2.24) is 4.57 Å². The van der Waals surface area contributed by atoms with E-state index in [2.05, 4.69) is 74.7 Å². The molecule has 0 spiro atoms. The summed E-state index contributed by atoms with van der Waals surface area (Å²) in [6.45, 7) is 8.99. The van der Waals surface area contributed by atoms with Crippen LogP contribution in [0.4, 0.5) is 0 Å². The van der Waals surface area contributed by atoms with Crippen LogP contribution < -0.4 is 4.74 Å². The van der Waals surface area contributed by atoms with Crippen LogP contribution in [-0.4, -0.2) is 11.7 Å². The summed E-state index contributed by atoms with van der Waals surface area (Å²) in [6.07, 6.45) is 2.32. The van der Waals surface area contributed by atoms with Crippen molar-refractivity contribution in [3.63, 3.8) is 0 Å². The second-order valence-corrected chi connectivity index (χ2v) is 7.41. The van der Waals surface area contributed by atoms with Gasteiger partial charge in [-0.1, -0.05) is 37.6 Å². The van der Waals surface area contributed by atoms with E-state index in [4.69, 9.17) is 4.74 Å². The van der Waals surface area contributed by atoms with Crippen molar-refractivity contribution in [2.45, 2.75) is 46.1 Å². The third kappa shape index (κ3) is 3.06. The smallest absolute Gasteiger partial charge is 0.119 e. The summed E-state index contributed by atoms with van der Waals surface area (Å²) in [5.74, 6) is 0.901. The van der Waals surface area contributed by atoms with Gasteiger partial charge in [0.1, 0.15) is 5.75 Å². The van der Waals surface area contributed by atoms with Crippen molar-refractivity contribution >= 4 is 10.9 Å². The zero-order valence-corrected chi connectivity index (χ0v) is 15.4. The second-order valence-electron chi connectivity index (χ2n) is 7.41. The molecule has 2 heteroatoms. The summed E-state index contributed by atoms with van der Waals surface area (Å²) in [7, 11) is 1.72. The highest BCUT2D eigenvalue weighted by molar-refractivity contribution is 5.88. The Morgan fingerprint density at radius 2 is 1.67 bits per heavy atom. The summed E-state index contributed by atoms with van der Waals surface area (Å²) < 4.78 is 7.82. The summed E-state index contributed by atoms with van der Waals surface area (Å²) in [5, 5.41) is 1.22. The zero-order chi connectivity index (χ0) is 17.3. The van der Waals surface area contributed by atoms with Crippen molar-refractivity contribution in [1.29, 1.82) is 0 Å². The average molecular weight is 321 g/mol. The molecular weight excluding hydrogens is 294 g/mol. The lowest BCUT2D eigenvalue weighted by Gasteiger charge is -2.26. The molecule has 0 aliphatic carbocycles. The summed E-state index contributed by atoms with van der Waals surface area (Å²) in [6, 6.07) is 17.6. The molecule has 0 atom stereocenters. The number of benzene rings is 2. The molecule has 0 radical (unpaired) electrons. The lowest BCUT2D eigenvalue weighted by atomic mass is 10.0. The fourth-order valence-electron chi connectivity index (χ4n) is 3.39. The Labute approximate surface area is 145 Å². The van der Waals surface area contributed by atoms with E-state index in [1.165, 1.54) is 34.1 Å². The molecule has 3 aromatic rings. The topological polar surface area (TPSA) is 14.2 Å². The molecule has 126 valence electrons. The molecule has 0 saturated carbocycles. The molecule has 0 fully saturated rings. The number of rotatable bonds is 4. The van der Waals surface area contributed by atoms with E-state index in [0.717, 1.165) is 12.2 Å². The summed E-state index contributed by atoms with van der Waals surface area (Å²) in [4.78, 5) is 0. The number of nitrogens with zero attached hydrogens (tertiary/aromatic N) is 1. The third-order valence-electron chi connectivity index (χ3n) is 4.47. The minimum Gasteiger partial charge on any atom is -0.497 e. The SMILES string of the molecule is CCCc1ccc(-c2cc3cc(OC)ccc3n2C(C)(C)C)cc1. The van der Waals surface area contributed by atoms with E-state index in [1.54, 1.807) is 7.11 Å². The van der Waals surface area contributed by atoms with Crippen LogP contribution in [-0.2, 0) is 12.0 Å². The molecule has 0 amide bonds. The molecule has 0 bridgehead atoms. The minimum absolute atomic E-state index is 0.00770. The lowest BCUT2D eigenvalue weighted by molar-refractivity contribution is 0.412. The molecule has 0 unspecified atom stereocenters. The van der Waals surface area contributed by atoms with Crippen molar-refractivity contribution in [3.05, 3.63) is 54.1 Å². The number of aromatic nitrogens is 1. The number of hydrogen-bond donors (Lipinski definition) is 0. The fraction of sp³-hybridized carbons (Fsp3) is 0.364. The molecule has 0 aliphatic heterocycles. The first-order chi connectivity index (χ1) is 11.4. The van der Waals surface area contributed by atoms with Crippen LogP contribution in [0, 0.1) is 0 Å². The molecule has 2 nitrogen and oxygen atoms in total. The molecule has 24 heavy (non-hydrogen) atoms. The quantitative estimate of drug-likeness (QED) is 0.572. The Morgan fingerprint density at radius 1 is 0.958 bits per heavy atom. The molecule has 3 rings (SSSR count).